The molecule has 0 saturated carbocycles. The summed E-state index contributed by atoms with van der Waals surface area (Å²) in [5.41, 5.74) is 3.54. The number of hydrogen-bond donors (Lipinski definition) is 1. The first-order valence-corrected chi connectivity index (χ1v) is 9.43. The quantitative estimate of drug-likeness (QED) is 0.590. The van der Waals surface area contributed by atoms with Gasteiger partial charge in [0.05, 0.1) is 22.5 Å². The molecule has 2 aromatic carbocycles. The average Bonchev–Trinajstić information content (AvgIpc) is 3.02. The lowest BCUT2D eigenvalue weighted by atomic mass is 9.80. The topological polar surface area (TPSA) is 74.5 Å². The van der Waals surface area contributed by atoms with Gasteiger partial charge >= 0.3 is 0 Å². The molecular weight excluding hydrogens is 348 g/mol. The fourth-order valence-electron chi connectivity index (χ4n) is 3.73. The molecule has 1 atom stereocenters. The van der Waals surface area contributed by atoms with E-state index in [0.29, 0.717) is 12.8 Å². The van der Waals surface area contributed by atoms with Crippen molar-refractivity contribution in [3.63, 3.8) is 0 Å². The molecule has 1 unspecified atom stereocenters. The smallest absolute Gasteiger partial charge is 0.251 e. The van der Waals surface area contributed by atoms with Crippen LogP contribution in [0.3, 0.4) is 0 Å². The third-order valence-electron chi connectivity index (χ3n) is 5.58. The second-order valence-corrected chi connectivity index (χ2v) is 7.48. The van der Waals surface area contributed by atoms with E-state index in [-0.39, 0.29) is 5.56 Å². The van der Waals surface area contributed by atoms with Crippen molar-refractivity contribution in [2.45, 2.75) is 32.1 Å². The van der Waals surface area contributed by atoms with Gasteiger partial charge in [-0.05, 0) is 48.6 Å². The molecule has 0 aliphatic carbocycles. The van der Waals surface area contributed by atoms with Gasteiger partial charge in [-0.1, -0.05) is 31.2 Å². The van der Waals surface area contributed by atoms with Crippen molar-refractivity contribution in [2.75, 3.05) is 0 Å². The van der Waals surface area contributed by atoms with Gasteiger partial charge in [-0.15, -0.1) is 0 Å². The Bertz CT molecular complexity index is 1290. The van der Waals surface area contributed by atoms with Crippen molar-refractivity contribution < 1.29 is 0 Å². The molecule has 0 spiro atoms. The predicted octanol–water partition coefficient (Wildman–Crippen LogP) is 4.00. The summed E-state index contributed by atoms with van der Waals surface area (Å²) in [7, 11) is 1.98. The number of nitrogens with zero attached hydrogens (tertiary/aromatic N) is 3. The summed E-state index contributed by atoms with van der Waals surface area (Å²) in [4.78, 5) is 19.9. The maximum absolute atomic E-state index is 12.2. The first-order valence-electron chi connectivity index (χ1n) is 9.43. The molecule has 0 aliphatic heterocycles. The Morgan fingerprint density at radius 2 is 2.00 bits per heavy atom. The molecule has 0 amide bonds. The Hall–Kier alpha value is -3.39. The van der Waals surface area contributed by atoms with E-state index in [1.807, 2.05) is 74.0 Å². The van der Waals surface area contributed by atoms with Crippen LogP contribution in [0.5, 0.6) is 0 Å². The second kappa shape index (κ2) is 6.65. The van der Waals surface area contributed by atoms with Gasteiger partial charge in [-0.3, -0.25) is 4.79 Å². The van der Waals surface area contributed by atoms with E-state index in [4.69, 9.17) is 4.98 Å². The summed E-state index contributed by atoms with van der Waals surface area (Å²) in [6.45, 7) is 3.89. The first-order chi connectivity index (χ1) is 13.4. The number of nitrogens with one attached hydrogen (secondary N) is 1. The van der Waals surface area contributed by atoms with Crippen LogP contribution in [0.2, 0.25) is 0 Å². The molecule has 4 rings (SSSR count). The van der Waals surface area contributed by atoms with E-state index < -0.39 is 5.41 Å². The Morgan fingerprint density at radius 3 is 2.71 bits per heavy atom. The van der Waals surface area contributed by atoms with E-state index >= 15 is 0 Å². The molecule has 5 heteroatoms. The van der Waals surface area contributed by atoms with Gasteiger partial charge in [0, 0.05) is 24.5 Å². The number of fused-ring (bicyclic) bond motifs is 2. The van der Waals surface area contributed by atoms with Crippen LogP contribution in [-0.2, 0) is 25.3 Å². The summed E-state index contributed by atoms with van der Waals surface area (Å²) in [6, 6.07) is 18.2. The number of aromatic amines is 1. The highest BCUT2D eigenvalue weighted by molar-refractivity contribution is 5.80. The van der Waals surface area contributed by atoms with Crippen molar-refractivity contribution in [3.8, 4) is 6.07 Å². The van der Waals surface area contributed by atoms with E-state index in [2.05, 4.69) is 11.1 Å². The SMILES string of the molecule is CCc1cc2ccc(C(C)(C#N)Cc3nc4ccccc4n3C)cc2[nH]c1=O. The molecule has 0 fully saturated rings. The van der Waals surface area contributed by atoms with Crippen molar-refractivity contribution in [1.29, 1.82) is 5.26 Å². The Kier molecular flexibility index (Phi) is 4.27. The number of imidazole rings is 1. The van der Waals surface area contributed by atoms with Gasteiger partial charge < -0.3 is 9.55 Å². The van der Waals surface area contributed by atoms with Gasteiger partial charge in [-0.25, -0.2) is 4.98 Å². The number of H-pyrrole nitrogens is 1. The van der Waals surface area contributed by atoms with Gasteiger partial charge in [-0.2, -0.15) is 5.26 Å². The summed E-state index contributed by atoms with van der Waals surface area (Å²) >= 11 is 0. The van der Waals surface area contributed by atoms with Crippen LogP contribution in [0.15, 0.2) is 53.3 Å². The monoisotopic (exact) mass is 370 g/mol. The van der Waals surface area contributed by atoms with Crippen LogP contribution < -0.4 is 5.56 Å². The van der Waals surface area contributed by atoms with E-state index in [0.717, 1.165) is 38.9 Å². The fourth-order valence-corrected chi connectivity index (χ4v) is 3.73. The average molecular weight is 370 g/mol. The molecule has 2 heterocycles. The Labute approximate surface area is 163 Å². The highest BCUT2D eigenvalue weighted by Gasteiger charge is 2.29. The van der Waals surface area contributed by atoms with Crippen LogP contribution in [0.1, 0.15) is 30.8 Å². The molecule has 5 nitrogen and oxygen atoms in total. The summed E-state index contributed by atoms with van der Waals surface area (Å²) in [5, 5.41) is 11.0. The lowest BCUT2D eigenvalue weighted by molar-refractivity contribution is 0.573. The van der Waals surface area contributed by atoms with E-state index in [1.165, 1.54) is 0 Å². The number of aromatic nitrogens is 3. The minimum atomic E-state index is -0.760. The van der Waals surface area contributed by atoms with Crippen LogP contribution in [-0.4, -0.2) is 14.5 Å². The number of para-hydroxylation sites is 2. The van der Waals surface area contributed by atoms with Crippen molar-refractivity contribution in [2.24, 2.45) is 7.05 Å². The molecule has 4 aromatic rings. The molecule has 140 valence electrons. The Morgan fingerprint density at radius 1 is 1.21 bits per heavy atom. The third kappa shape index (κ3) is 2.87. The zero-order valence-corrected chi connectivity index (χ0v) is 16.3. The minimum absolute atomic E-state index is 0.0684. The molecule has 0 radical (unpaired) electrons. The predicted molar refractivity (Wildman–Crippen MR) is 111 cm³/mol. The molecule has 28 heavy (non-hydrogen) atoms. The highest BCUT2D eigenvalue weighted by Crippen LogP contribution is 2.30. The van der Waals surface area contributed by atoms with E-state index in [1.54, 1.807) is 0 Å². The maximum Gasteiger partial charge on any atom is 0.251 e. The zero-order chi connectivity index (χ0) is 19.9. The van der Waals surface area contributed by atoms with Crippen molar-refractivity contribution >= 4 is 21.9 Å². The molecule has 0 bridgehead atoms. The minimum Gasteiger partial charge on any atom is -0.331 e. The normalized spacial score (nSPS) is 13.5. The van der Waals surface area contributed by atoms with Gasteiger partial charge in [0.1, 0.15) is 5.82 Å². The largest absolute Gasteiger partial charge is 0.331 e. The molecule has 0 saturated heterocycles. The molecule has 0 aliphatic rings. The standard InChI is InChI=1S/C23H22N4O/c1-4-15-11-16-9-10-17(12-19(16)26-22(15)28)23(2,14-24)13-21-25-18-7-5-6-8-20(18)27(21)3/h5-12H,4,13H2,1-3H3,(H,26,28). The van der Waals surface area contributed by atoms with Crippen molar-refractivity contribution in [1.82, 2.24) is 14.5 Å². The van der Waals surface area contributed by atoms with Crippen LogP contribution >= 0.6 is 0 Å². The third-order valence-corrected chi connectivity index (χ3v) is 5.58. The second-order valence-electron chi connectivity index (χ2n) is 7.48. The fraction of sp³-hybridized carbons (Fsp3) is 0.261. The number of rotatable bonds is 4. The molecule has 1 N–H and O–H groups in total. The lowest BCUT2D eigenvalue weighted by Crippen LogP contribution is -2.25. The Balaban J connectivity index is 1.79. The molecular formula is C23H22N4O. The number of nitriles is 1. The van der Waals surface area contributed by atoms with Gasteiger partial charge in [0.2, 0.25) is 0 Å². The summed E-state index contributed by atoms with van der Waals surface area (Å²) in [6.07, 6.45) is 1.17. The maximum atomic E-state index is 12.2. The molecule has 2 aromatic heterocycles. The van der Waals surface area contributed by atoms with Gasteiger partial charge in [0.15, 0.2) is 0 Å². The summed E-state index contributed by atoms with van der Waals surface area (Å²) in [5.74, 6) is 0.861. The number of aryl methyl sites for hydroxylation is 2. The van der Waals surface area contributed by atoms with Crippen LogP contribution in [0.25, 0.3) is 21.9 Å². The van der Waals surface area contributed by atoms with Crippen LogP contribution in [0.4, 0.5) is 0 Å². The number of pyridine rings is 1. The van der Waals surface area contributed by atoms with E-state index in [9.17, 15) is 10.1 Å². The van der Waals surface area contributed by atoms with Crippen LogP contribution in [0, 0.1) is 11.3 Å². The number of benzene rings is 2. The first kappa shape index (κ1) is 18.0. The highest BCUT2D eigenvalue weighted by atomic mass is 16.1. The number of hydrogen-bond acceptors (Lipinski definition) is 3. The van der Waals surface area contributed by atoms with Gasteiger partial charge in [0.25, 0.3) is 5.56 Å². The zero-order valence-electron chi connectivity index (χ0n) is 16.3. The van der Waals surface area contributed by atoms with Crippen molar-refractivity contribution in [3.05, 3.63) is 75.8 Å². The summed E-state index contributed by atoms with van der Waals surface area (Å²) < 4.78 is 2.04. The lowest BCUT2D eigenvalue weighted by Gasteiger charge is -2.22.